The quantitative estimate of drug-likeness (QED) is 0.655. The van der Waals surface area contributed by atoms with Crippen molar-refractivity contribution >= 4 is 33.1 Å². The second-order valence-corrected chi connectivity index (χ2v) is 11.3. The number of thiophene rings is 1. The zero-order chi connectivity index (χ0) is 20.2. The predicted molar refractivity (Wildman–Crippen MR) is 115 cm³/mol. The van der Waals surface area contributed by atoms with Gasteiger partial charge in [0, 0.05) is 23.7 Å². The van der Waals surface area contributed by atoms with Crippen LogP contribution in [0.1, 0.15) is 47.0 Å². The second-order valence-electron chi connectivity index (χ2n) is 8.30. The van der Waals surface area contributed by atoms with Crippen LogP contribution in [0.25, 0.3) is 0 Å². The molecule has 6 nitrogen and oxygen atoms in total. The predicted octanol–water partition coefficient (Wildman–Crippen LogP) is 0.340. The van der Waals surface area contributed by atoms with E-state index in [1.807, 2.05) is 7.05 Å². The molecule has 2 heterocycles. The average molecular weight is 456 g/mol. The average Bonchev–Trinajstić information content (AvgIpc) is 3.39. The van der Waals surface area contributed by atoms with E-state index in [4.69, 9.17) is 0 Å². The molecule has 2 N–H and O–H groups in total. The number of amides is 2. The zero-order valence-electron chi connectivity index (χ0n) is 18.5. The van der Waals surface area contributed by atoms with Crippen molar-refractivity contribution in [3.05, 3.63) is 44.8 Å². The van der Waals surface area contributed by atoms with E-state index in [1.165, 1.54) is 33.6 Å². The van der Waals surface area contributed by atoms with E-state index >= 15 is 0 Å². The van der Waals surface area contributed by atoms with Gasteiger partial charge in [-0.3, -0.25) is 0 Å². The molecule has 0 saturated heterocycles. The number of benzene rings is 1. The Morgan fingerprint density at radius 1 is 1.03 bits per heavy atom. The van der Waals surface area contributed by atoms with Crippen LogP contribution in [0.15, 0.2) is 16.3 Å². The van der Waals surface area contributed by atoms with E-state index in [-0.39, 0.29) is 35.2 Å². The van der Waals surface area contributed by atoms with Crippen molar-refractivity contribution in [3.63, 3.8) is 0 Å². The number of nitrogens with zero attached hydrogens (tertiary/aromatic N) is 1. The van der Waals surface area contributed by atoms with Gasteiger partial charge in [0.15, 0.2) is 0 Å². The van der Waals surface area contributed by atoms with Crippen molar-refractivity contribution in [2.24, 2.45) is 0 Å². The van der Waals surface area contributed by atoms with Crippen molar-refractivity contribution in [2.45, 2.75) is 55.7 Å². The first-order chi connectivity index (χ1) is 13.9. The van der Waals surface area contributed by atoms with Gasteiger partial charge in [-0.15, -0.1) is 11.3 Å². The van der Waals surface area contributed by atoms with Crippen LogP contribution in [-0.4, -0.2) is 32.9 Å². The van der Waals surface area contributed by atoms with E-state index in [9.17, 15) is 13.2 Å². The number of urea groups is 1. The van der Waals surface area contributed by atoms with Gasteiger partial charge in [0.2, 0.25) is 0 Å². The van der Waals surface area contributed by atoms with E-state index < -0.39 is 16.1 Å². The van der Waals surface area contributed by atoms with Gasteiger partial charge in [-0.1, -0.05) is 6.07 Å². The summed E-state index contributed by atoms with van der Waals surface area (Å²) < 4.78 is 28.1. The Hall–Kier alpha value is -0.900. The first-order valence-corrected chi connectivity index (χ1v) is 12.5. The summed E-state index contributed by atoms with van der Waals surface area (Å²) in [5.74, 6) is 0. The molecule has 2 amide bonds. The maximum absolute atomic E-state index is 12.8. The third-order valence-electron chi connectivity index (χ3n) is 6.25. The third-order valence-corrected chi connectivity index (χ3v) is 9.22. The molecule has 1 aromatic carbocycles. The van der Waals surface area contributed by atoms with Crippen LogP contribution >= 0.6 is 11.3 Å². The summed E-state index contributed by atoms with van der Waals surface area (Å²) in [6, 6.07) is 3.35. The number of hydrogen-bond donors (Lipinski definition) is 2. The molecule has 0 unspecified atom stereocenters. The van der Waals surface area contributed by atoms with Gasteiger partial charge in [0.25, 0.3) is 10.0 Å². The van der Waals surface area contributed by atoms with Crippen LogP contribution in [0.5, 0.6) is 0 Å². The molecule has 0 bridgehead atoms. The van der Waals surface area contributed by atoms with Crippen LogP contribution in [-0.2, 0) is 48.7 Å². The van der Waals surface area contributed by atoms with Gasteiger partial charge >= 0.3 is 35.6 Å². The summed E-state index contributed by atoms with van der Waals surface area (Å²) in [7, 11) is -1.85. The first kappa shape index (κ1) is 22.3. The van der Waals surface area contributed by atoms with Gasteiger partial charge in [-0.05, 0) is 85.9 Å². The molecule has 5 rings (SSSR count). The van der Waals surface area contributed by atoms with Crippen LogP contribution in [0.2, 0.25) is 0 Å². The molecule has 0 saturated carbocycles. The Morgan fingerprint density at radius 3 is 2.37 bits per heavy atom. The standard InChI is InChI=1S/C21H25N3O3S2.Na.H/c1-24-9-8-15-11-19(28-18(15)12-24)29(26,27)23-21(25)22-20-16-6-2-4-13(16)10-14-5-3-7-17(14)20;;/h10-11H,2-9,12H2,1H3,(H2,22,23,25);;/q;+1;-1. The fraction of sp³-hybridized carbons (Fsp3) is 0.476. The van der Waals surface area contributed by atoms with Crippen molar-refractivity contribution in [2.75, 3.05) is 18.9 Å². The summed E-state index contributed by atoms with van der Waals surface area (Å²) in [4.78, 5) is 15.9. The maximum atomic E-state index is 12.8. The summed E-state index contributed by atoms with van der Waals surface area (Å²) in [5, 5.41) is 2.90. The fourth-order valence-electron chi connectivity index (χ4n) is 4.83. The van der Waals surface area contributed by atoms with Crippen molar-refractivity contribution in [1.29, 1.82) is 0 Å². The Bertz CT molecular complexity index is 1090. The Kier molecular flexibility index (Phi) is 6.36. The molecular weight excluding hydrogens is 429 g/mol. The number of likely N-dealkylation sites (N-methyl/N-ethyl adjacent to an activating group) is 1. The molecule has 0 atom stereocenters. The van der Waals surface area contributed by atoms with E-state index in [2.05, 4.69) is 21.0 Å². The molecule has 0 spiro atoms. The van der Waals surface area contributed by atoms with Crippen LogP contribution < -0.4 is 39.6 Å². The monoisotopic (exact) mass is 455 g/mol. The molecule has 2 aromatic rings. The fourth-order valence-corrected chi connectivity index (χ4v) is 7.41. The van der Waals surface area contributed by atoms with Crippen LogP contribution in [0.3, 0.4) is 0 Å². The topological polar surface area (TPSA) is 78.5 Å². The second kappa shape index (κ2) is 8.56. The zero-order valence-corrected chi connectivity index (χ0v) is 21.1. The smallest absolute Gasteiger partial charge is 1.00 e. The summed E-state index contributed by atoms with van der Waals surface area (Å²) in [6.07, 6.45) is 6.96. The molecule has 0 fully saturated rings. The molecule has 1 aliphatic heterocycles. The van der Waals surface area contributed by atoms with Gasteiger partial charge in [-0.2, -0.15) is 0 Å². The number of anilines is 1. The molecule has 1 aromatic heterocycles. The first-order valence-electron chi connectivity index (χ1n) is 10.2. The number of sulfonamides is 1. The Morgan fingerprint density at radius 2 is 1.70 bits per heavy atom. The number of nitrogens with one attached hydrogen (secondary N) is 2. The van der Waals surface area contributed by atoms with Crippen LogP contribution in [0.4, 0.5) is 10.5 Å². The molecule has 2 aliphatic carbocycles. The summed E-state index contributed by atoms with van der Waals surface area (Å²) in [6.45, 7) is 1.67. The molecule has 9 heteroatoms. The van der Waals surface area contributed by atoms with Crippen molar-refractivity contribution in [1.82, 2.24) is 9.62 Å². The number of rotatable bonds is 3. The minimum Gasteiger partial charge on any atom is -1.00 e. The van der Waals surface area contributed by atoms with Crippen molar-refractivity contribution in [3.8, 4) is 0 Å². The number of fused-ring (bicyclic) bond motifs is 3. The third kappa shape index (κ3) is 4.10. The minimum absolute atomic E-state index is 0. The molecule has 3 aliphatic rings. The number of hydrogen-bond acceptors (Lipinski definition) is 5. The molecule has 156 valence electrons. The Labute approximate surface area is 205 Å². The van der Waals surface area contributed by atoms with Gasteiger partial charge < -0.3 is 11.6 Å². The molecule has 0 radical (unpaired) electrons. The molecule has 30 heavy (non-hydrogen) atoms. The van der Waals surface area contributed by atoms with Crippen molar-refractivity contribution < 1.29 is 44.2 Å². The van der Waals surface area contributed by atoms with E-state index in [1.54, 1.807) is 6.07 Å². The SMILES string of the molecule is CN1CCc2cc(S(=O)(=O)NC(=O)Nc3c4c(cc5c3CCC5)CCC4)sc2C1.[H-].[Na+]. The van der Waals surface area contributed by atoms with Gasteiger partial charge in [0.1, 0.15) is 4.21 Å². The maximum Gasteiger partial charge on any atom is 1.00 e. The Balaban J connectivity index is 0.00000136. The summed E-state index contributed by atoms with van der Waals surface area (Å²) >= 11 is 1.26. The largest absolute Gasteiger partial charge is 1.00 e. The minimum atomic E-state index is -3.88. The normalized spacial score (nSPS) is 17.6. The van der Waals surface area contributed by atoms with E-state index in [0.717, 1.165) is 74.2 Å². The summed E-state index contributed by atoms with van der Waals surface area (Å²) in [5.41, 5.74) is 6.92. The van der Waals surface area contributed by atoms with Gasteiger partial charge in [-0.25, -0.2) is 17.9 Å². The number of carbonyl (C=O) groups excluding carboxylic acids is 1. The van der Waals surface area contributed by atoms with Gasteiger partial charge in [0.05, 0.1) is 0 Å². The number of aryl methyl sites for hydroxylation is 2. The van der Waals surface area contributed by atoms with Crippen LogP contribution in [0, 0.1) is 0 Å². The van der Waals surface area contributed by atoms with E-state index in [0.29, 0.717) is 0 Å². The molecular formula is C21H26N3NaO3S2. The number of carbonyl (C=O) groups is 1.